The van der Waals surface area contributed by atoms with E-state index in [0.717, 1.165) is 44.0 Å². The van der Waals surface area contributed by atoms with E-state index in [2.05, 4.69) is 4.90 Å². The van der Waals surface area contributed by atoms with Crippen molar-refractivity contribution in [3.8, 4) is 11.5 Å². The van der Waals surface area contributed by atoms with Gasteiger partial charge in [0.25, 0.3) is 0 Å². The van der Waals surface area contributed by atoms with Crippen LogP contribution < -0.4 is 4.74 Å². The number of nitrogens with zero attached hydrogens (tertiary/aromatic N) is 1. The molecule has 0 aliphatic carbocycles. The first-order valence-electron chi connectivity index (χ1n) is 11.6. The molecule has 1 fully saturated rings. The molecule has 0 spiro atoms. The minimum Gasteiger partial charge on any atom is -0.507 e. The minimum absolute atomic E-state index is 0.0912. The van der Waals surface area contributed by atoms with Gasteiger partial charge in [-0.05, 0) is 32.3 Å². The van der Waals surface area contributed by atoms with Gasteiger partial charge in [-0.15, -0.1) is 0 Å². The number of carbonyl (C=O) groups excluding carboxylic acids is 2. The van der Waals surface area contributed by atoms with E-state index < -0.39 is 5.97 Å². The Hall–Kier alpha value is -2.58. The lowest BCUT2D eigenvalue weighted by Gasteiger charge is -2.26. The Kier molecular flexibility index (Phi) is 10.7. The summed E-state index contributed by atoms with van der Waals surface area (Å²) in [4.78, 5) is 26.2. The normalized spacial score (nSPS) is 15.9. The molecule has 1 aromatic carbocycles. The van der Waals surface area contributed by atoms with Crippen LogP contribution in [0.25, 0.3) is 0 Å². The summed E-state index contributed by atoms with van der Waals surface area (Å²) in [6.45, 7) is 12.2. The highest BCUT2D eigenvalue weighted by Crippen LogP contribution is 2.42. The molecular weight excluding hydrogens is 426 g/mol. The summed E-state index contributed by atoms with van der Waals surface area (Å²) in [7, 11) is 1.54. The van der Waals surface area contributed by atoms with Crippen molar-refractivity contribution < 1.29 is 33.6 Å². The second kappa shape index (κ2) is 13.2. The first kappa shape index (κ1) is 26.7. The third-order valence-electron chi connectivity index (χ3n) is 5.80. The highest BCUT2D eigenvalue weighted by molar-refractivity contribution is 5.98. The summed E-state index contributed by atoms with van der Waals surface area (Å²) in [6.07, 6.45) is 3.18. The molecule has 2 heterocycles. The van der Waals surface area contributed by atoms with Crippen molar-refractivity contribution in [2.24, 2.45) is 0 Å². The van der Waals surface area contributed by atoms with E-state index in [9.17, 15) is 14.7 Å². The maximum atomic E-state index is 12.0. The number of fused-ring (bicyclic) bond motifs is 1. The number of carbonyl (C=O) groups is 2. The molecule has 8 heteroatoms. The summed E-state index contributed by atoms with van der Waals surface area (Å²) in [5.41, 5.74) is 3.23. The van der Waals surface area contributed by atoms with Crippen molar-refractivity contribution in [3.05, 3.63) is 33.9 Å². The van der Waals surface area contributed by atoms with Crippen LogP contribution in [0, 0.1) is 6.92 Å². The third kappa shape index (κ3) is 6.95. The molecule has 3 rings (SSSR count). The predicted molar refractivity (Wildman–Crippen MR) is 125 cm³/mol. The summed E-state index contributed by atoms with van der Waals surface area (Å²) < 4.78 is 21.2. The van der Waals surface area contributed by atoms with Crippen molar-refractivity contribution in [1.29, 1.82) is 0 Å². The number of allylic oxidation sites excluding steroid dienone is 2. The number of ether oxygens (including phenoxy) is 4. The van der Waals surface area contributed by atoms with E-state index in [1.165, 1.54) is 0 Å². The van der Waals surface area contributed by atoms with E-state index in [1.54, 1.807) is 7.11 Å². The molecule has 1 N–H and O–H groups in total. The maximum Gasteiger partial charge on any atom is 0.342 e. The van der Waals surface area contributed by atoms with Gasteiger partial charge in [-0.2, -0.15) is 0 Å². The van der Waals surface area contributed by atoms with E-state index in [0.29, 0.717) is 42.7 Å². The van der Waals surface area contributed by atoms with E-state index in [-0.39, 0.29) is 23.9 Å². The van der Waals surface area contributed by atoms with Gasteiger partial charge in [-0.3, -0.25) is 9.69 Å². The van der Waals surface area contributed by atoms with Crippen LogP contribution in [-0.2, 0) is 32.0 Å². The van der Waals surface area contributed by atoms with Gasteiger partial charge in [-0.1, -0.05) is 25.5 Å². The van der Waals surface area contributed by atoms with Crippen LogP contribution in [0.1, 0.15) is 60.7 Å². The van der Waals surface area contributed by atoms with Crippen LogP contribution >= 0.6 is 0 Å². The number of hydrogen-bond donors (Lipinski definition) is 1. The largest absolute Gasteiger partial charge is 0.507 e. The van der Waals surface area contributed by atoms with Gasteiger partial charge >= 0.3 is 11.9 Å². The van der Waals surface area contributed by atoms with Crippen LogP contribution in [0.4, 0.5) is 0 Å². The van der Waals surface area contributed by atoms with Gasteiger partial charge in [0.1, 0.15) is 30.3 Å². The van der Waals surface area contributed by atoms with Crippen LogP contribution in [0.3, 0.4) is 0 Å². The average molecular weight is 464 g/mol. The van der Waals surface area contributed by atoms with Gasteiger partial charge in [0.05, 0.1) is 20.3 Å². The quantitative estimate of drug-likeness (QED) is 0.439. The molecule has 0 radical (unpaired) electrons. The van der Waals surface area contributed by atoms with Gasteiger partial charge in [0.15, 0.2) is 0 Å². The maximum absolute atomic E-state index is 12.0. The van der Waals surface area contributed by atoms with Crippen LogP contribution in [0.2, 0.25) is 0 Å². The van der Waals surface area contributed by atoms with Gasteiger partial charge < -0.3 is 24.1 Å². The fraction of sp³-hybridized carbons (Fsp3) is 0.600. The lowest BCUT2D eigenvalue weighted by molar-refractivity contribution is -0.144. The van der Waals surface area contributed by atoms with Crippen LogP contribution in [-0.4, -0.2) is 68.5 Å². The van der Waals surface area contributed by atoms with Crippen molar-refractivity contribution in [2.45, 2.75) is 53.6 Å². The molecule has 0 unspecified atom stereocenters. The molecule has 33 heavy (non-hydrogen) atoms. The first-order valence-corrected chi connectivity index (χ1v) is 11.6. The van der Waals surface area contributed by atoms with E-state index in [4.69, 9.17) is 18.9 Å². The van der Waals surface area contributed by atoms with Crippen molar-refractivity contribution in [2.75, 3.05) is 46.6 Å². The lowest BCUT2D eigenvalue weighted by atomic mass is 9.94. The number of esters is 2. The standard InChI is InChI=1S/C23H31NO7.C2H6/c1-15(5-7-19(25)30-13-10-24-8-11-29-12-9-24)4-6-17-21(26)20-18(14-31-23(20)27)16(2)22(17)28-3;1-2/h4,26H,5-14H2,1-3H3;1-2H3/b15-4+;. The molecule has 0 aromatic heterocycles. The fourth-order valence-corrected chi connectivity index (χ4v) is 3.89. The van der Waals surface area contributed by atoms with Crippen LogP contribution in [0.15, 0.2) is 11.6 Å². The first-order chi connectivity index (χ1) is 15.9. The number of benzene rings is 1. The summed E-state index contributed by atoms with van der Waals surface area (Å²) in [6, 6.07) is 0. The summed E-state index contributed by atoms with van der Waals surface area (Å²) in [5, 5.41) is 10.7. The monoisotopic (exact) mass is 463 g/mol. The average Bonchev–Trinajstić information content (AvgIpc) is 3.23. The second-order valence-corrected chi connectivity index (χ2v) is 7.84. The Morgan fingerprint density at radius 1 is 1.21 bits per heavy atom. The lowest BCUT2D eigenvalue weighted by Crippen LogP contribution is -2.38. The third-order valence-corrected chi connectivity index (χ3v) is 5.80. The molecule has 1 aromatic rings. The molecular formula is C25H37NO7. The smallest absolute Gasteiger partial charge is 0.342 e. The Labute approximate surface area is 196 Å². The number of methoxy groups -OCH3 is 1. The van der Waals surface area contributed by atoms with E-state index in [1.807, 2.05) is 33.8 Å². The Bertz CT molecular complexity index is 857. The van der Waals surface area contributed by atoms with Gasteiger partial charge in [0.2, 0.25) is 0 Å². The zero-order valence-corrected chi connectivity index (χ0v) is 20.5. The molecule has 0 atom stereocenters. The predicted octanol–water partition coefficient (Wildman–Crippen LogP) is 3.55. The highest BCUT2D eigenvalue weighted by Gasteiger charge is 2.31. The summed E-state index contributed by atoms with van der Waals surface area (Å²) >= 11 is 0. The number of hydrogen-bond acceptors (Lipinski definition) is 8. The molecule has 2 aliphatic rings. The SMILES string of the molecule is CC.COc1c(C)c2c(c(O)c1C/C=C(\C)CCC(=O)OCCN1CCOCC1)C(=O)OC2. The minimum atomic E-state index is -0.514. The molecule has 0 amide bonds. The Balaban J connectivity index is 0.00000187. The topological polar surface area (TPSA) is 94.5 Å². The number of cyclic esters (lactones) is 1. The number of phenolic OH excluding ortho intramolecular Hbond substituents is 1. The van der Waals surface area contributed by atoms with Gasteiger partial charge in [-0.25, -0.2) is 4.79 Å². The van der Waals surface area contributed by atoms with Crippen molar-refractivity contribution in [1.82, 2.24) is 4.90 Å². The fourth-order valence-electron chi connectivity index (χ4n) is 3.89. The summed E-state index contributed by atoms with van der Waals surface area (Å²) in [5.74, 6) is -0.273. The Morgan fingerprint density at radius 2 is 1.91 bits per heavy atom. The number of rotatable bonds is 9. The van der Waals surface area contributed by atoms with Gasteiger partial charge in [0, 0.05) is 37.2 Å². The number of aromatic hydroxyl groups is 1. The zero-order valence-electron chi connectivity index (χ0n) is 20.5. The molecule has 184 valence electrons. The highest BCUT2D eigenvalue weighted by atomic mass is 16.5. The van der Waals surface area contributed by atoms with E-state index >= 15 is 0 Å². The number of morpholine rings is 1. The van der Waals surface area contributed by atoms with Crippen LogP contribution in [0.5, 0.6) is 11.5 Å². The molecule has 0 saturated carbocycles. The second-order valence-electron chi connectivity index (χ2n) is 7.84. The molecule has 2 aliphatic heterocycles. The van der Waals surface area contributed by atoms with Crippen molar-refractivity contribution >= 4 is 11.9 Å². The molecule has 8 nitrogen and oxygen atoms in total. The zero-order chi connectivity index (χ0) is 24.4. The van der Waals surface area contributed by atoms with Crippen molar-refractivity contribution in [3.63, 3.8) is 0 Å². The number of phenols is 1. The molecule has 0 bridgehead atoms. The Morgan fingerprint density at radius 3 is 2.58 bits per heavy atom. The molecule has 1 saturated heterocycles.